The Kier molecular flexibility index (Phi) is 22.7. The molecule has 0 saturated carbocycles. The van der Waals surface area contributed by atoms with Crippen molar-refractivity contribution < 1.29 is 22.4 Å². The van der Waals surface area contributed by atoms with Gasteiger partial charge in [0.2, 0.25) is 0 Å². The Hall–Kier alpha value is 1.61. The van der Waals surface area contributed by atoms with Gasteiger partial charge in [-0.2, -0.15) is 0 Å². The molecule has 0 bridgehead atoms. The third-order valence-electron chi connectivity index (χ3n) is 0. The summed E-state index contributed by atoms with van der Waals surface area (Å²) in [5, 5.41) is 0. The van der Waals surface area contributed by atoms with E-state index in [1.165, 1.54) is 0 Å². The van der Waals surface area contributed by atoms with Gasteiger partial charge in [0.25, 0.3) is 0 Å². The topological polar surface area (TPSA) is 0 Å². The molecule has 0 atom stereocenters. The van der Waals surface area contributed by atoms with Crippen LogP contribution in [0.4, 0.5) is 0 Å². The van der Waals surface area contributed by atoms with E-state index in [1.54, 1.807) is 0 Å². The van der Waals surface area contributed by atoms with Crippen LogP contribution in [-0.2, 0) is 22.4 Å². The van der Waals surface area contributed by atoms with Crippen molar-refractivity contribution in [2.45, 2.75) is 78.6 Å². The van der Waals surface area contributed by atoms with Crippen LogP contribution in [-0.4, -0.2) is 32.3 Å². The minimum Gasteiger partial charge on any atom is -0.342 e. The van der Waals surface area contributed by atoms with Gasteiger partial charge in [-0.05, 0) is 0 Å². The maximum Gasteiger partial charge on any atom is 0 e. The first kappa shape index (κ1) is 34.0. The van der Waals surface area contributed by atoms with Crippen LogP contribution in [0, 0.1) is 26.2 Å². The summed E-state index contributed by atoms with van der Waals surface area (Å²) >= 11 is 0. The molecule has 0 unspecified atom stereocenters. The van der Waals surface area contributed by atoms with E-state index in [0.29, 0.717) is 0 Å². The van der Waals surface area contributed by atoms with Gasteiger partial charge < -0.3 is 26.2 Å². The molecule has 0 N–H and O–H groups in total. The summed E-state index contributed by atoms with van der Waals surface area (Å²) < 4.78 is 0. The molecule has 0 heterocycles. The molecule has 0 nitrogen and oxygen atoms in total. The van der Waals surface area contributed by atoms with Crippen LogP contribution >= 0.6 is 0 Å². The van der Waals surface area contributed by atoms with E-state index in [9.17, 15) is 0 Å². The van der Waals surface area contributed by atoms with Crippen LogP contribution in [0.15, 0.2) is 0 Å². The molecule has 5 heteroatoms. The van der Waals surface area contributed by atoms with Crippen molar-refractivity contribution in [3.8, 4) is 0 Å². The Morgan fingerprint density at radius 1 is 0.333 bits per heavy atom. The van der Waals surface area contributed by atoms with E-state index >= 15 is 0 Å². The van der Waals surface area contributed by atoms with Gasteiger partial charge in [-0.25, -0.2) is 0 Å². The molecule has 0 fully saturated rings. The van der Waals surface area contributed by atoms with E-state index in [1.807, 2.05) is 0 Å². The van der Waals surface area contributed by atoms with Crippen molar-refractivity contribution in [3.05, 3.63) is 26.2 Å². The molecule has 0 saturated heterocycles. The fraction of sp³-hybridized carbons (Fsp3) is 0.750. The number of hydrogen-bond donors (Lipinski definition) is 0. The van der Waals surface area contributed by atoms with Crippen molar-refractivity contribution in [3.63, 3.8) is 0 Å². The molecule has 0 aliphatic heterocycles. The van der Waals surface area contributed by atoms with E-state index in [2.05, 4.69) is 105 Å². The van der Waals surface area contributed by atoms with Crippen molar-refractivity contribution in [1.29, 1.82) is 0 Å². The average Bonchev–Trinajstić information content (AvgIpc) is 1.62. The van der Waals surface area contributed by atoms with Gasteiger partial charge in [-0.3, -0.25) is 0 Å². The first-order valence-electron chi connectivity index (χ1n) is 7.41. The van der Waals surface area contributed by atoms with Crippen LogP contribution < -0.4 is 0 Å². The van der Waals surface area contributed by atoms with Gasteiger partial charge in [0, 0.05) is 22.4 Å². The number of rotatable bonds is 0. The second kappa shape index (κ2) is 14.0. The Labute approximate surface area is 158 Å². The Morgan fingerprint density at radius 2 is 0.333 bits per heavy atom. The maximum absolute atomic E-state index is 3.91. The summed E-state index contributed by atoms with van der Waals surface area (Å²) in [7, 11) is -3.44. The smallest absolute Gasteiger partial charge is 0 e. The van der Waals surface area contributed by atoms with Gasteiger partial charge in [0.05, 0.1) is 0 Å². The predicted octanol–water partition coefficient (Wildman–Crippen LogP) is 6.79. The molecule has 133 valence electrons. The Morgan fingerprint density at radius 3 is 0.333 bits per heavy atom. The van der Waals surface area contributed by atoms with Gasteiger partial charge >= 0.3 is 0 Å². The molecule has 21 heavy (non-hydrogen) atoms. The largest absolute Gasteiger partial charge is 0.342 e. The monoisotopic (exact) mass is 529 g/mol. The van der Waals surface area contributed by atoms with Crippen LogP contribution in [0.5, 0.6) is 0 Å². The van der Waals surface area contributed by atoms with E-state index in [-0.39, 0.29) is 22.4 Å². The van der Waals surface area contributed by atoms with Crippen LogP contribution in [0.3, 0.4) is 0 Å². The summed E-state index contributed by atoms with van der Waals surface area (Å²) in [6, 6.07) is 0. The van der Waals surface area contributed by atoms with Crippen LogP contribution in [0.1, 0.15) is 0 Å². The zero-order chi connectivity index (χ0) is 18.0. The van der Waals surface area contributed by atoms with Crippen LogP contribution in [0.25, 0.3) is 0 Å². The molecule has 0 aromatic rings. The Bertz CT molecular complexity index is 130. The molecule has 0 aliphatic carbocycles. The third kappa shape index (κ3) is 3210. The predicted molar refractivity (Wildman–Crippen MR) is 115 cm³/mol. The second-order valence-corrected chi connectivity index (χ2v) is 30.7. The summed E-state index contributed by atoms with van der Waals surface area (Å²) in [5.41, 5.74) is 0. The van der Waals surface area contributed by atoms with Crippen molar-refractivity contribution in [1.82, 2.24) is 0 Å². The summed E-state index contributed by atoms with van der Waals surface area (Å²) in [6.45, 7) is 42.2. The van der Waals surface area contributed by atoms with Crippen LogP contribution in [0.2, 0.25) is 78.6 Å². The third-order valence-corrected chi connectivity index (χ3v) is 0. The molecule has 0 spiro atoms. The first-order chi connectivity index (χ1) is 8.00. The van der Waals surface area contributed by atoms with E-state index in [4.69, 9.17) is 0 Å². The SMILES string of the molecule is [CH2-][Si](C)(C)C.[CH2-][Si](C)(C)C.[CH2-][Si](C)(C)C.[CH2-][Si](C)(C)C.[Ta]. The fourth-order valence-corrected chi connectivity index (χ4v) is 0. The summed E-state index contributed by atoms with van der Waals surface area (Å²) in [5.74, 6) is 0. The molecular weight excluding hydrogens is 485 g/mol. The molecule has 0 amide bonds. The van der Waals surface area contributed by atoms with Crippen molar-refractivity contribution in [2.75, 3.05) is 0 Å². The van der Waals surface area contributed by atoms with Gasteiger partial charge in [-0.15, -0.1) is 32.3 Å². The average molecular weight is 530 g/mol. The molecule has 1 radical (unpaired) electrons. The van der Waals surface area contributed by atoms with E-state index in [0.717, 1.165) is 0 Å². The standard InChI is InChI=1S/4C4H11Si.Ta/c4*1-5(2,3)4;/h4*1H2,2-4H3;/q4*-1;. The maximum atomic E-state index is 3.91. The normalized spacial score (nSPS) is 11.4. The van der Waals surface area contributed by atoms with Crippen molar-refractivity contribution >= 4 is 32.3 Å². The van der Waals surface area contributed by atoms with Gasteiger partial charge in [-0.1, -0.05) is 78.6 Å². The first-order valence-corrected chi connectivity index (χ1v) is 22.2. The molecule has 0 aromatic heterocycles. The number of hydrogen-bond acceptors (Lipinski definition) is 0. The molecule has 0 rings (SSSR count). The van der Waals surface area contributed by atoms with E-state index < -0.39 is 32.3 Å². The quantitative estimate of drug-likeness (QED) is 0.239. The molecular formula is C16H44Si4Ta-4. The molecule has 0 aliphatic rings. The minimum atomic E-state index is -0.861. The zero-order valence-corrected chi connectivity index (χ0v) is 24.5. The summed E-state index contributed by atoms with van der Waals surface area (Å²) in [4.78, 5) is 0. The minimum absolute atomic E-state index is 0. The fourth-order valence-electron chi connectivity index (χ4n) is 0. The Balaban J connectivity index is -0.0000000533. The van der Waals surface area contributed by atoms with Crippen molar-refractivity contribution in [2.24, 2.45) is 0 Å². The molecule has 0 aromatic carbocycles. The zero-order valence-electron chi connectivity index (χ0n) is 17.3. The summed E-state index contributed by atoms with van der Waals surface area (Å²) in [6.07, 6.45) is 0. The van der Waals surface area contributed by atoms with Gasteiger partial charge in [0.15, 0.2) is 0 Å². The second-order valence-electron chi connectivity index (χ2n) is 10.2. The van der Waals surface area contributed by atoms with Gasteiger partial charge in [0.1, 0.15) is 0 Å².